The first-order valence-corrected chi connectivity index (χ1v) is 15.0. The zero-order valence-corrected chi connectivity index (χ0v) is 27.8. The standard InChI is InChI=1S/C35H44ClN3O5/c1-21-12-10-13-22(2)28(21)30(31(41)38-29-23(3)14-11-15-26(29)36)39(34(4,5)6)32(42)27(37-33(43)44-35(7,8)9)20-24-16-18-25(40)19-17-24/h10-19,27,30,40H,20H2,1-9H3,(H,37,43)(H,38,41). The number of benzene rings is 3. The van der Waals surface area contributed by atoms with Crippen LogP contribution in [-0.2, 0) is 20.7 Å². The van der Waals surface area contributed by atoms with Crippen molar-refractivity contribution in [3.8, 4) is 5.75 Å². The summed E-state index contributed by atoms with van der Waals surface area (Å²) in [5.74, 6) is -0.840. The Balaban J connectivity index is 2.19. The number of alkyl carbamates (subject to hydrolysis) is 1. The highest BCUT2D eigenvalue weighted by atomic mass is 35.5. The number of hydrogen-bond donors (Lipinski definition) is 3. The molecular weight excluding hydrogens is 578 g/mol. The molecule has 0 fully saturated rings. The molecule has 0 aliphatic heterocycles. The zero-order chi connectivity index (χ0) is 33.0. The monoisotopic (exact) mass is 621 g/mol. The fourth-order valence-electron chi connectivity index (χ4n) is 5.15. The Kier molecular flexibility index (Phi) is 10.7. The van der Waals surface area contributed by atoms with Gasteiger partial charge in [-0.3, -0.25) is 9.59 Å². The van der Waals surface area contributed by atoms with Gasteiger partial charge in [-0.25, -0.2) is 4.79 Å². The van der Waals surface area contributed by atoms with E-state index >= 15 is 0 Å². The minimum atomic E-state index is -1.10. The topological polar surface area (TPSA) is 108 Å². The zero-order valence-electron chi connectivity index (χ0n) is 27.0. The van der Waals surface area contributed by atoms with Crippen molar-refractivity contribution in [3.63, 3.8) is 0 Å². The Labute approximate surface area is 265 Å². The molecule has 9 heteroatoms. The number of amides is 3. The summed E-state index contributed by atoms with van der Waals surface area (Å²) in [6.07, 6.45) is -0.668. The number of halogens is 1. The first kappa shape index (κ1) is 34.5. The van der Waals surface area contributed by atoms with Crippen molar-refractivity contribution in [1.29, 1.82) is 0 Å². The number of phenolic OH excluding ortho intramolecular Hbond substituents is 1. The third kappa shape index (κ3) is 8.76. The molecular formula is C35H44ClN3O5. The van der Waals surface area contributed by atoms with Gasteiger partial charge in [-0.1, -0.05) is 54.1 Å². The van der Waals surface area contributed by atoms with Crippen LogP contribution in [0.15, 0.2) is 60.7 Å². The summed E-state index contributed by atoms with van der Waals surface area (Å²) in [6.45, 7) is 16.4. The Hall–Kier alpha value is -4.04. The highest BCUT2D eigenvalue weighted by molar-refractivity contribution is 6.34. The molecule has 0 saturated heterocycles. The van der Waals surface area contributed by atoms with Crippen molar-refractivity contribution >= 4 is 35.2 Å². The van der Waals surface area contributed by atoms with Crippen molar-refractivity contribution in [2.24, 2.45) is 0 Å². The van der Waals surface area contributed by atoms with E-state index in [2.05, 4.69) is 10.6 Å². The van der Waals surface area contributed by atoms with E-state index in [0.717, 1.165) is 16.7 Å². The van der Waals surface area contributed by atoms with Crippen molar-refractivity contribution < 1.29 is 24.2 Å². The smallest absolute Gasteiger partial charge is 0.408 e. The summed E-state index contributed by atoms with van der Waals surface area (Å²) < 4.78 is 5.52. The molecule has 0 aliphatic rings. The number of carbonyl (C=O) groups is 3. The minimum absolute atomic E-state index is 0.0784. The molecule has 2 atom stereocenters. The van der Waals surface area contributed by atoms with Crippen LogP contribution in [0.2, 0.25) is 5.02 Å². The number of nitrogens with zero attached hydrogens (tertiary/aromatic N) is 1. The first-order valence-electron chi connectivity index (χ1n) is 14.6. The molecule has 2 unspecified atom stereocenters. The summed E-state index contributed by atoms with van der Waals surface area (Å²) in [7, 11) is 0. The number of hydrogen-bond acceptors (Lipinski definition) is 5. The second kappa shape index (κ2) is 13.7. The fourth-order valence-corrected chi connectivity index (χ4v) is 5.42. The van der Waals surface area contributed by atoms with E-state index in [9.17, 15) is 19.5 Å². The van der Waals surface area contributed by atoms with E-state index < -0.39 is 41.1 Å². The molecule has 3 aromatic rings. The lowest BCUT2D eigenvalue weighted by atomic mass is 9.89. The Morgan fingerprint density at radius 2 is 1.41 bits per heavy atom. The van der Waals surface area contributed by atoms with Gasteiger partial charge in [0.1, 0.15) is 23.4 Å². The predicted octanol–water partition coefficient (Wildman–Crippen LogP) is 7.41. The molecule has 3 N–H and O–H groups in total. The molecule has 44 heavy (non-hydrogen) atoms. The molecule has 8 nitrogen and oxygen atoms in total. The van der Waals surface area contributed by atoms with E-state index in [1.54, 1.807) is 45.0 Å². The van der Waals surface area contributed by atoms with Gasteiger partial charge in [0, 0.05) is 12.0 Å². The lowest BCUT2D eigenvalue weighted by molar-refractivity contribution is -0.146. The molecule has 0 aromatic heterocycles. The van der Waals surface area contributed by atoms with Gasteiger partial charge in [-0.15, -0.1) is 0 Å². The van der Waals surface area contributed by atoms with Gasteiger partial charge >= 0.3 is 6.09 Å². The normalized spacial score (nSPS) is 13.0. The quantitative estimate of drug-likeness (QED) is 0.243. The van der Waals surface area contributed by atoms with Crippen LogP contribution in [-0.4, -0.2) is 45.1 Å². The Bertz CT molecular complexity index is 1470. The third-order valence-electron chi connectivity index (χ3n) is 7.12. The van der Waals surface area contributed by atoms with E-state index in [4.69, 9.17) is 16.3 Å². The van der Waals surface area contributed by atoms with Gasteiger partial charge in [0.15, 0.2) is 0 Å². The molecule has 3 rings (SSSR count). The van der Waals surface area contributed by atoms with E-state index in [0.29, 0.717) is 21.8 Å². The average Bonchev–Trinajstić information content (AvgIpc) is 2.89. The number of para-hydroxylation sites is 1. The number of aromatic hydroxyl groups is 1. The second-order valence-corrected chi connectivity index (χ2v) is 13.5. The summed E-state index contributed by atoms with van der Waals surface area (Å²) in [5, 5.41) is 16.0. The molecule has 0 saturated carbocycles. The van der Waals surface area contributed by atoms with E-state index in [1.165, 1.54) is 17.0 Å². The summed E-state index contributed by atoms with van der Waals surface area (Å²) >= 11 is 6.51. The Morgan fingerprint density at radius 3 is 1.93 bits per heavy atom. The van der Waals surface area contributed by atoms with Gasteiger partial charge in [-0.2, -0.15) is 0 Å². The summed E-state index contributed by atoms with van der Waals surface area (Å²) in [5.41, 5.74) is 2.60. The molecule has 236 valence electrons. The van der Waals surface area contributed by atoms with Crippen LogP contribution in [0.25, 0.3) is 0 Å². The maximum Gasteiger partial charge on any atom is 0.408 e. The van der Waals surface area contributed by atoms with Crippen molar-refractivity contribution in [2.75, 3.05) is 5.32 Å². The highest BCUT2D eigenvalue weighted by Gasteiger charge is 2.43. The molecule has 3 amide bonds. The number of aryl methyl sites for hydroxylation is 3. The number of ether oxygens (including phenoxy) is 1. The van der Waals surface area contributed by atoms with Crippen LogP contribution in [0.5, 0.6) is 5.75 Å². The van der Waals surface area contributed by atoms with Gasteiger partial charge in [-0.05, 0) is 108 Å². The molecule has 3 aromatic carbocycles. The highest BCUT2D eigenvalue weighted by Crippen LogP contribution is 2.36. The second-order valence-electron chi connectivity index (χ2n) is 13.1. The third-order valence-corrected chi connectivity index (χ3v) is 7.43. The van der Waals surface area contributed by atoms with Gasteiger partial charge in [0.05, 0.1) is 10.7 Å². The first-order chi connectivity index (χ1) is 20.4. The fraction of sp³-hybridized carbons (Fsp3) is 0.400. The van der Waals surface area contributed by atoms with Crippen LogP contribution in [0.4, 0.5) is 10.5 Å². The van der Waals surface area contributed by atoms with Gasteiger partial charge in [0.25, 0.3) is 5.91 Å². The molecule has 0 heterocycles. The van der Waals surface area contributed by atoms with Crippen molar-refractivity contribution in [2.45, 2.75) is 92.0 Å². The van der Waals surface area contributed by atoms with Crippen LogP contribution >= 0.6 is 11.6 Å². The maximum atomic E-state index is 14.8. The largest absolute Gasteiger partial charge is 0.508 e. The minimum Gasteiger partial charge on any atom is -0.508 e. The summed E-state index contributed by atoms with van der Waals surface area (Å²) in [6, 6.07) is 15.3. The van der Waals surface area contributed by atoms with Crippen molar-refractivity contribution in [1.82, 2.24) is 10.2 Å². The number of nitrogens with one attached hydrogen (secondary N) is 2. The van der Waals surface area contributed by atoms with Crippen LogP contribution in [0.3, 0.4) is 0 Å². The van der Waals surface area contributed by atoms with Crippen LogP contribution < -0.4 is 10.6 Å². The number of anilines is 1. The van der Waals surface area contributed by atoms with E-state index in [-0.39, 0.29) is 12.2 Å². The molecule has 0 radical (unpaired) electrons. The van der Waals surface area contributed by atoms with E-state index in [1.807, 2.05) is 65.8 Å². The molecule has 0 bridgehead atoms. The molecule has 0 spiro atoms. The lowest BCUT2D eigenvalue weighted by Gasteiger charge is -2.44. The Morgan fingerprint density at radius 1 is 0.864 bits per heavy atom. The number of rotatable bonds is 8. The molecule has 0 aliphatic carbocycles. The van der Waals surface area contributed by atoms with Gasteiger partial charge in [0.2, 0.25) is 5.91 Å². The van der Waals surface area contributed by atoms with Gasteiger partial charge < -0.3 is 25.4 Å². The number of phenols is 1. The lowest BCUT2D eigenvalue weighted by Crippen LogP contribution is -2.58. The predicted molar refractivity (Wildman–Crippen MR) is 175 cm³/mol. The summed E-state index contributed by atoms with van der Waals surface area (Å²) in [4.78, 5) is 43.8. The van der Waals surface area contributed by atoms with Crippen LogP contribution in [0, 0.1) is 20.8 Å². The van der Waals surface area contributed by atoms with Crippen LogP contribution in [0.1, 0.15) is 75.4 Å². The number of carbonyl (C=O) groups excluding carboxylic acids is 3. The van der Waals surface area contributed by atoms with Crippen molar-refractivity contribution in [3.05, 3.63) is 93.5 Å². The SMILES string of the molecule is Cc1cccc(Cl)c1NC(=O)C(c1c(C)cccc1C)N(C(=O)C(Cc1ccc(O)cc1)NC(=O)OC(C)(C)C)C(C)(C)C. The maximum absolute atomic E-state index is 14.8. The average molecular weight is 622 g/mol.